The smallest absolute Gasteiger partial charge is 0.320 e. The molecule has 0 spiro atoms. The van der Waals surface area contributed by atoms with Crippen LogP contribution in [0.1, 0.15) is 16.1 Å². The molecular formula is C17H11ClF3N3O. The van der Waals surface area contributed by atoms with Gasteiger partial charge in [-0.3, -0.25) is 9.89 Å². The third-order valence-electron chi connectivity index (χ3n) is 3.44. The number of aromatic nitrogens is 2. The topological polar surface area (TPSA) is 57.8 Å². The number of para-hydroxylation sites is 1. The van der Waals surface area contributed by atoms with Gasteiger partial charge in [-0.1, -0.05) is 35.9 Å². The molecule has 8 heteroatoms. The predicted octanol–water partition coefficient (Wildman–Crippen LogP) is 5.00. The molecule has 0 saturated heterocycles. The van der Waals surface area contributed by atoms with Gasteiger partial charge in [0.25, 0.3) is 5.91 Å². The molecular weight excluding hydrogens is 355 g/mol. The molecule has 4 nitrogen and oxygen atoms in total. The maximum Gasteiger partial charge on any atom is 0.418 e. The van der Waals surface area contributed by atoms with Crippen LogP contribution in [0, 0.1) is 0 Å². The van der Waals surface area contributed by atoms with Gasteiger partial charge in [-0.05, 0) is 30.3 Å². The molecule has 3 aromatic rings. The number of hydrogen-bond donors (Lipinski definition) is 2. The molecule has 25 heavy (non-hydrogen) atoms. The van der Waals surface area contributed by atoms with Crippen LogP contribution in [0.3, 0.4) is 0 Å². The Hall–Kier alpha value is -2.80. The van der Waals surface area contributed by atoms with Gasteiger partial charge in [0.05, 0.1) is 16.9 Å². The van der Waals surface area contributed by atoms with Crippen molar-refractivity contribution in [3.05, 3.63) is 70.9 Å². The Labute approximate surface area is 145 Å². The van der Waals surface area contributed by atoms with Crippen LogP contribution in [0.5, 0.6) is 0 Å². The summed E-state index contributed by atoms with van der Waals surface area (Å²) in [6.45, 7) is 0. The number of alkyl halides is 3. The summed E-state index contributed by atoms with van der Waals surface area (Å²) < 4.78 is 38.9. The van der Waals surface area contributed by atoms with Gasteiger partial charge in [-0.15, -0.1) is 0 Å². The molecule has 0 saturated carbocycles. The number of carbonyl (C=O) groups excluding carboxylic acids is 1. The minimum atomic E-state index is -4.56. The van der Waals surface area contributed by atoms with E-state index >= 15 is 0 Å². The standard InChI is InChI=1S/C17H11ClF3N3O/c18-11-7-5-10(6-8-11)14-9-15(24-23-14)16(25)22-13-4-2-1-3-12(13)17(19,20)21/h1-9H,(H,22,25)(H,23,24). The van der Waals surface area contributed by atoms with Crippen molar-refractivity contribution in [2.45, 2.75) is 6.18 Å². The highest BCUT2D eigenvalue weighted by Crippen LogP contribution is 2.34. The average Bonchev–Trinajstić information content (AvgIpc) is 3.05. The first kappa shape index (κ1) is 17.0. The molecule has 0 atom stereocenters. The molecule has 0 radical (unpaired) electrons. The first-order valence-corrected chi connectivity index (χ1v) is 7.51. The number of halogens is 4. The van der Waals surface area contributed by atoms with Crippen molar-refractivity contribution in [1.82, 2.24) is 10.2 Å². The monoisotopic (exact) mass is 365 g/mol. The first-order valence-electron chi connectivity index (χ1n) is 7.13. The molecule has 3 rings (SSSR count). The Kier molecular flexibility index (Phi) is 4.50. The minimum absolute atomic E-state index is 0.0435. The van der Waals surface area contributed by atoms with E-state index in [0.29, 0.717) is 10.7 Å². The highest BCUT2D eigenvalue weighted by atomic mass is 35.5. The van der Waals surface area contributed by atoms with E-state index in [2.05, 4.69) is 15.5 Å². The Balaban J connectivity index is 1.83. The summed E-state index contributed by atoms with van der Waals surface area (Å²) in [7, 11) is 0. The number of rotatable bonds is 3. The molecule has 2 N–H and O–H groups in total. The van der Waals surface area contributed by atoms with Gasteiger partial charge >= 0.3 is 6.18 Å². The fraction of sp³-hybridized carbons (Fsp3) is 0.0588. The van der Waals surface area contributed by atoms with E-state index < -0.39 is 17.6 Å². The Morgan fingerprint density at radius 2 is 1.76 bits per heavy atom. The van der Waals surface area contributed by atoms with Crippen molar-refractivity contribution < 1.29 is 18.0 Å². The number of nitrogens with one attached hydrogen (secondary N) is 2. The van der Waals surface area contributed by atoms with Crippen LogP contribution < -0.4 is 5.32 Å². The normalized spacial score (nSPS) is 11.4. The van der Waals surface area contributed by atoms with Crippen molar-refractivity contribution in [2.24, 2.45) is 0 Å². The number of nitrogens with zero attached hydrogens (tertiary/aromatic N) is 1. The van der Waals surface area contributed by atoms with Gasteiger partial charge in [0, 0.05) is 10.6 Å². The van der Waals surface area contributed by atoms with Crippen LogP contribution in [0.2, 0.25) is 5.02 Å². The van der Waals surface area contributed by atoms with E-state index in [-0.39, 0.29) is 11.4 Å². The lowest BCUT2D eigenvalue weighted by Gasteiger charge is -2.12. The van der Waals surface area contributed by atoms with Crippen LogP contribution in [0.25, 0.3) is 11.3 Å². The molecule has 0 fully saturated rings. The summed E-state index contributed by atoms with van der Waals surface area (Å²) in [4.78, 5) is 12.2. The lowest BCUT2D eigenvalue weighted by atomic mass is 10.1. The molecule has 0 aliphatic heterocycles. The number of anilines is 1. The van der Waals surface area contributed by atoms with Crippen LogP contribution in [-0.4, -0.2) is 16.1 Å². The highest BCUT2D eigenvalue weighted by Gasteiger charge is 2.33. The molecule has 0 bridgehead atoms. The number of hydrogen-bond acceptors (Lipinski definition) is 2. The molecule has 0 unspecified atom stereocenters. The number of aromatic amines is 1. The third kappa shape index (κ3) is 3.83. The van der Waals surface area contributed by atoms with Crippen LogP contribution in [0.15, 0.2) is 54.6 Å². The Morgan fingerprint density at radius 1 is 1.08 bits per heavy atom. The molecule has 2 aromatic carbocycles. The van der Waals surface area contributed by atoms with Crippen LogP contribution in [0.4, 0.5) is 18.9 Å². The summed E-state index contributed by atoms with van der Waals surface area (Å²) in [6, 6.07) is 13.0. The van der Waals surface area contributed by atoms with Crippen LogP contribution >= 0.6 is 11.6 Å². The van der Waals surface area contributed by atoms with E-state index in [1.807, 2.05) is 0 Å². The van der Waals surface area contributed by atoms with Gasteiger partial charge < -0.3 is 5.32 Å². The fourth-order valence-corrected chi connectivity index (χ4v) is 2.36. The second-order valence-electron chi connectivity index (χ2n) is 5.17. The van der Waals surface area contributed by atoms with Gasteiger partial charge in [0.15, 0.2) is 0 Å². The Morgan fingerprint density at radius 3 is 2.44 bits per heavy atom. The zero-order valence-electron chi connectivity index (χ0n) is 12.6. The number of amides is 1. The number of H-pyrrole nitrogens is 1. The van der Waals surface area contributed by atoms with E-state index in [4.69, 9.17) is 11.6 Å². The second-order valence-corrected chi connectivity index (χ2v) is 5.61. The number of benzene rings is 2. The minimum Gasteiger partial charge on any atom is -0.320 e. The first-order chi connectivity index (χ1) is 11.8. The average molecular weight is 366 g/mol. The van der Waals surface area contributed by atoms with Crippen molar-refractivity contribution in [1.29, 1.82) is 0 Å². The van der Waals surface area contributed by atoms with E-state index in [1.54, 1.807) is 24.3 Å². The molecule has 128 valence electrons. The lowest BCUT2D eigenvalue weighted by Crippen LogP contribution is -2.16. The summed E-state index contributed by atoms with van der Waals surface area (Å²) in [5.41, 5.74) is 0.00618. The van der Waals surface area contributed by atoms with Crippen molar-refractivity contribution in [3.8, 4) is 11.3 Å². The molecule has 1 aromatic heterocycles. The molecule has 0 aliphatic carbocycles. The molecule has 0 aliphatic rings. The fourth-order valence-electron chi connectivity index (χ4n) is 2.24. The van der Waals surface area contributed by atoms with E-state index in [1.165, 1.54) is 24.3 Å². The second kappa shape index (κ2) is 6.60. The largest absolute Gasteiger partial charge is 0.418 e. The molecule has 1 amide bonds. The van der Waals surface area contributed by atoms with Crippen LogP contribution in [-0.2, 0) is 6.18 Å². The lowest BCUT2D eigenvalue weighted by molar-refractivity contribution is -0.136. The van der Waals surface area contributed by atoms with Gasteiger partial charge in [-0.25, -0.2) is 0 Å². The predicted molar refractivity (Wildman–Crippen MR) is 88.4 cm³/mol. The quantitative estimate of drug-likeness (QED) is 0.686. The van der Waals surface area contributed by atoms with Crippen molar-refractivity contribution in [3.63, 3.8) is 0 Å². The molecule has 1 heterocycles. The van der Waals surface area contributed by atoms with E-state index in [9.17, 15) is 18.0 Å². The third-order valence-corrected chi connectivity index (χ3v) is 3.70. The SMILES string of the molecule is O=C(Nc1ccccc1C(F)(F)F)c1cc(-c2ccc(Cl)cc2)n[nH]1. The number of carbonyl (C=O) groups is 1. The van der Waals surface area contributed by atoms with Gasteiger partial charge in [0.2, 0.25) is 0 Å². The van der Waals surface area contributed by atoms with Crippen molar-refractivity contribution in [2.75, 3.05) is 5.32 Å². The maximum atomic E-state index is 13.0. The summed E-state index contributed by atoms with van der Waals surface area (Å²) in [5.74, 6) is -0.718. The van der Waals surface area contributed by atoms with Gasteiger partial charge in [0.1, 0.15) is 5.69 Å². The highest BCUT2D eigenvalue weighted by molar-refractivity contribution is 6.30. The zero-order chi connectivity index (χ0) is 18.0. The summed E-state index contributed by atoms with van der Waals surface area (Å²) >= 11 is 5.81. The van der Waals surface area contributed by atoms with Crippen molar-refractivity contribution >= 4 is 23.2 Å². The van der Waals surface area contributed by atoms with E-state index in [0.717, 1.165) is 11.6 Å². The zero-order valence-corrected chi connectivity index (χ0v) is 13.3. The van der Waals surface area contributed by atoms with Gasteiger partial charge in [-0.2, -0.15) is 18.3 Å². The Bertz CT molecular complexity index is 904. The summed E-state index contributed by atoms with van der Waals surface area (Å²) in [5, 5.41) is 9.33. The summed E-state index contributed by atoms with van der Waals surface area (Å²) in [6.07, 6.45) is -4.56. The maximum absolute atomic E-state index is 13.0.